The van der Waals surface area contributed by atoms with Crippen LogP contribution in [-0.4, -0.2) is 22.9 Å². The number of nitrogens with two attached hydrogens (primary N) is 1. The van der Waals surface area contributed by atoms with Gasteiger partial charge in [-0.05, 0) is 43.6 Å². The van der Waals surface area contributed by atoms with Gasteiger partial charge in [-0.25, -0.2) is 0 Å². The molecule has 0 amide bonds. The summed E-state index contributed by atoms with van der Waals surface area (Å²) in [5.74, 6) is 1.77. The minimum Gasteiger partial charge on any atom is -0.490 e. The van der Waals surface area contributed by atoms with Crippen LogP contribution in [0.5, 0.6) is 5.75 Å². The summed E-state index contributed by atoms with van der Waals surface area (Å²) < 4.78 is 6.03. The number of oxime groups is 1. The molecule has 4 nitrogen and oxygen atoms in total. The van der Waals surface area contributed by atoms with E-state index in [2.05, 4.69) is 12.1 Å². The van der Waals surface area contributed by atoms with Crippen molar-refractivity contribution in [2.75, 3.05) is 5.75 Å². The maximum Gasteiger partial charge on any atom is 0.174 e. The van der Waals surface area contributed by atoms with E-state index in [9.17, 15) is 0 Å². The van der Waals surface area contributed by atoms with Crippen molar-refractivity contribution in [3.8, 4) is 5.75 Å². The summed E-state index contributed by atoms with van der Waals surface area (Å²) in [7, 11) is 0. The Hall–Kier alpha value is -1.36. The van der Waals surface area contributed by atoms with Gasteiger partial charge in [-0.1, -0.05) is 18.1 Å². The lowest BCUT2D eigenvalue weighted by Gasteiger charge is -2.18. The molecule has 0 heterocycles. The topological polar surface area (TPSA) is 67.8 Å². The molecule has 1 aromatic rings. The van der Waals surface area contributed by atoms with Gasteiger partial charge in [0.2, 0.25) is 0 Å². The third-order valence-electron chi connectivity index (χ3n) is 3.25. The van der Waals surface area contributed by atoms with Crippen molar-refractivity contribution in [3.63, 3.8) is 0 Å². The summed E-state index contributed by atoms with van der Waals surface area (Å²) in [4.78, 5) is 0.994. The first-order valence-electron chi connectivity index (χ1n) is 6.66. The number of amidine groups is 1. The number of ether oxygens (including phenoxy) is 1. The third-order valence-corrected chi connectivity index (χ3v) is 4.19. The fraction of sp³-hybridized carbons (Fsp3) is 0.500. The standard InChI is InChI=1S/C14H20N2O2S/c1-2-19-12-9-5-8-11(13(12)14(15)16-17)18-10-6-3-4-7-10/h5,8-10,17H,2-4,6-7H2,1H3,(H2,15,16). The first kappa shape index (κ1) is 14.1. The van der Waals surface area contributed by atoms with Crippen molar-refractivity contribution in [1.29, 1.82) is 0 Å². The van der Waals surface area contributed by atoms with Gasteiger partial charge in [-0.3, -0.25) is 0 Å². The highest BCUT2D eigenvalue weighted by Gasteiger charge is 2.20. The third kappa shape index (κ3) is 3.35. The van der Waals surface area contributed by atoms with E-state index in [0.717, 1.165) is 29.2 Å². The highest BCUT2D eigenvalue weighted by atomic mass is 32.2. The molecule has 0 saturated heterocycles. The Labute approximate surface area is 118 Å². The van der Waals surface area contributed by atoms with E-state index in [-0.39, 0.29) is 11.9 Å². The van der Waals surface area contributed by atoms with Gasteiger partial charge in [0.05, 0.1) is 11.7 Å². The van der Waals surface area contributed by atoms with Crippen LogP contribution in [0.3, 0.4) is 0 Å². The van der Waals surface area contributed by atoms with Crippen LogP contribution in [0.4, 0.5) is 0 Å². The van der Waals surface area contributed by atoms with Crippen LogP contribution in [0.15, 0.2) is 28.3 Å². The smallest absolute Gasteiger partial charge is 0.174 e. The Balaban J connectivity index is 2.32. The molecule has 0 aromatic heterocycles. The second-order valence-corrected chi connectivity index (χ2v) is 5.88. The molecule has 19 heavy (non-hydrogen) atoms. The maximum absolute atomic E-state index is 8.96. The van der Waals surface area contributed by atoms with E-state index in [1.807, 2.05) is 18.2 Å². The molecule has 104 valence electrons. The van der Waals surface area contributed by atoms with E-state index in [4.69, 9.17) is 15.7 Å². The van der Waals surface area contributed by atoms with Gasteiger partial charge in [0.1, 0.15) is 5.75 Å². The van der Waals surface area contributed by atoms with Crippen LogP contribution in [-0.2, 0) is 0 Å². The van der Waals surface area contributed by atoms with E-state index in [0.29, 0.717) is 5.56 Å². The van der Waals surface area contributed by atoms with Crippen molar-refractivity contribution in [2.45, 2.75) is 43.6 Å². The first-order chi connectivity index (χ1) is 9.26. The van der Waals surface area contributed by atoms with Crippen molar-refractivity contribution >= 4 is 17.6 Å². The number of benzene rings is 1. The van der Waals surface area contributed by atoms with Crippen molar-refractivity contribution < 1.29 is 9.94 Å². The molecule has 0 unspecified atom stereocenters. The van der Waals surface area contributed by atoms with Gasteiger partial charge < -0.3 is 15.7 Å². The summed E-state index contributed by atoms with van der Waals surface area (Å²) in [6.07, 6.45) is 4.86. The zero-order chi connectivity index (χ0) is 13.7. The number of hydrogen-bond acceptors (Lipinski definition) is 4. The molecular formula is C14H20N2O2S. The lowest BCUT2D eigenvalue weighted by atomic mass is 10.1. The molecule has 0 bridgehead atoms. The Bertz CT molecular complexity index is 457. The van der Waals surface area contributed by atoms with Gasteiger partial charge in [0, 0.05) is 4.90 Å². The molecule has 0 atom stereocenters. The lowest BCUT2D eigenvalue weighted by Crippen LogP contribution is -2.19. The Morgan fingerprint density at radius 1 is 1.47 bits per heavy atom. The predicted molar refractivity (Wildman–Crippen MR) is 78.2 cm³/mol. The van der Waals surface area contributed by atoms with E-state index in [1.54, 1.807) is 11.8 Å². The van der Waals surface area contributed by atoms with Gasteiger partial charge in [-0.15, -0.1) is 11.8 Å². The molecule has 2 rings (SSSR count). The lowest BCUT2D eigenvalue weighted by molar-refractivity contribution is 0.209. The average Bonchev–Trinajstić information content (AvgIpc) is 2.91. The Morgan fingerprint density at radius 3 is 2.84 bits per heavy atom. The normalized spacial score (nSPS) is 16.8. The fourth-order valence-electron chi connectivity index (χ4n) is 2.37. The van der Waals surface area contributed by atoms with Crippen LogP contribution in [0, 0.1) is 0 Å². The summed E-state index contributed by atoms with van der Waals surface area (Å²) in [6.45, 7) is 2.07. The molecule has 5 heteroatoms. The Kier molecular flexibility index (Phi) is 4.96. The molecular weight excluding hydrogens is 260 g/mol. The maximum atomic E-state index is 8.96. The van der Waals surface area contributed by atoms with E-state index >= 15 is 0 Å². The van der Waals surface area contributed by atoms with Gasteiger partial charge in [-0.2, -0.15) is 0 Å². The minimum atomic E-state index is 0.115. The second kappa shape index (κ2) is 6.70. The molecule has 0 spiro atoms. The van der Waals surface area contributed by atoms with Crippen molar-refractivity contribution in [3.05, 3.63) is 23.8 Å². The number of nitrogens with zero attached hydrogens (tertiary/aromatic N) is 1. The molecule has 0 aliphatic heterocycles. The summed E-state index contributed by atoms with van der Waals surface area (Å²) in [5.41, 5.74) is 6.52. The van der Waals surface area contributed by atoms with E-state index < -0.39 is 0 Å². The monoisotopic (exact) mass is 280 g/mol. The highest BCUT2D eigenvalue weighted by Crippen LogP contribution is 2.32. The van der Waals surface area contributed by atoms with Gasteiger partial charge in [0.15, 0.2) is 5.84 Å². The molecule has 3 N–H and O–H groups in total. The molecule has 1 aromatic carbocycles. The number of thioether (sulfide) groups is 1. The highest BCUT2D eigenvalue weighted by molar-refractivity contribution is 7.99. The molecule has 1 saturated carbocycles. The predicted octanol–water partition coefficient (Wildman–Crippen LogP) is 3.21. The minimum absolute atomic E-state index is 0.115. The van der Waals surface area contributed by atoms with Crippen LogP contribution in [0.25, 0.3) is 0 Å². The van der Waals surface area contributed by atoms with Crippen LogP contribution >= 0.6 is 11.8 Å². The number of hydrogen-bond donors (Lipinski definition) is 2. The molecule has 1 aliphatic rings. The van der Waals surface area contributed by atoms with Crippen molar-refractivity contribution in [1.82, 2.24) is 0 Å². The summed E-state index contributed by atoms with van der Waals surface area (Å²) in [5, 5.41) is 12.1. The van der Waals surface area contributed by atoms with Crippen LogP contribution in [0.2, 0.25) is 0 Å². The zero-order valence-corrected chi connectivity index (χ0v) is 11.9. The first-order valence-corrected chi connectivity index (χ1v) is 7.65. The summed E-state index contributed by atoms with van der Waals surface area (Å²) in [6, 6.07) is 5.82. The average molecular weight is 280 g/mol. The fourth-order valence-corrected chi connectivity index (χ4v) is 3.21. The second-order valence-electron chi connectivity index (χ2n) is 4.57. The van der Waals surface area contributed by atoms with Gasteiger partial charge in [0.25, 0.3) is 0 Å². The molecule has 0 radical (unpaired) electrons. The van der Waals surface area contributed by atoms with Crippen LogP contribution in [0.1, 0.15) is 38.2 Å². The largest absolute Gasteiger partial charge is 0.490 e. The number of rotatable bonds is 5. The van der Waals surface area contributed by atoms with Crippen LogP contribution < -0.4 is 10.5 Å². The quantitative estimate of drug-likeness (QED) is 0.286. The van der Waals surface area contributed by atoms with Crippen molar-refractivity contribution in [2.24, 2.45) is 10.9 Å². The zero-order valence-electron chi connectivity index (χ0n) is 11.1. The SMILES string of the molecule is CCSc1cccc(OC2CCCC2)c1/C(N)=N/O. The van der Waals surface area contributed by atoms with E-state index in [1.165, 1.54) is 12.8 Å². The van der Waals surface area contributed by atoms with Gasteiger partial charge >= 0.3 is 0 Å². The Morgan fingerprint density at radius 2 is 2.21 bits per heavy atom. The summed E-state index contributed by atoms with van der Waals surface area (Å²) >= 11 is 1.67. The molecule has 1 aliphatic carbocycles. The molecule has 1 fully saturated rings.